The number of carbonyl (C=O) groups is 2. The Kier molecular flexibility index (Phi) is 6.68. The summed E-state index contributed by atoms with van der Waals surface area (Å²) >= 11 is 0. The minimum atomic E-state index is -1.97. The first-order chi connectivity index (χ1) is 16.7. The van der Waals surface area contributed by atoms with E-state index in [1.807, 2.05) is 19.1 Å². The molecule has 35 heavy (non-hydrogen) atoms. The van der Waals surface area contributed by atoms with Crippen LogP contribution >= 0.6 is 0 Å². The second-order valence-electron chi connectivity index (χ2n) is 9.28. The molecule has 1 aliphatic heterocycles. The summed E-state index contributed by atoms with van der Waals surface area (Å²) in [7, 11) is 2.99. The minimum Gasteiger partial charge on any atom is -0.497 e. The van der Waals surface area contributed by atoms with E-state index in [-0.39, 0.29) is 5.56 Å². The molecular weight excluding hydrogens is 442 g/mol. The molecule has 0 saturated heterocycles. The number of aryl methyl sites for hydroxylation is 1. The molecule has 4 rings (SSSR count). The van der Waals surface area contributed by atoms with Crippen LogP contribution in [0.3, 0.4) is 0 Å². The molecule has 1 heterocycles. The first kappa shape index (κ1) is 24.5. The molecule has 6 nitrogen and oxygen atoms in total. The van der Waals surface area contributed by atoms with Gasteiger partial charge in [0.15, 0.2) is 11.4 Å². The largest absolute Gasteiger partial charge is 0.497 e. The number of amides is 1. The van der Waals surface area contributed by atoms with Gasteiger partial charge in [-0.1, -0.05) is 50.2 Å². The Morgan fingerprint density at radius 1 is 1.03 bits per heavy atom. The molecule has 1 atom stereocenters. The fraction of sp³-hybridized carbons (Fsp3) is 0.310. The molecule has 0 saturated carbocycles. The minimum absolute atomic E-state index is 0.283. The summed E-state index contributed by atoms with van der Waals surface area (Å²) in [6.07, 6.45) is -0.396. The maximum absolute atomic E-state index is 13.7. The van der Waals surface area contributed by atoms with E-state index in [1.54, 1.807) is 35.2 Å². The number of fused-ring (bicyclic) bond motifs is 1. The molecule has 0 radical (unpaired) electrons. The standard InChI is InChI=1S/C29H31NO5/c1-18(2)20-11-10-19(3)21(14-20)17-30-25-9-7-6-8-24(25)29(33,28(30)32)16-26(31)23-13-12-22(34-4)15-27(23)35-5/h6-15,18,33H,16-17H2,1-5H3/t29-/m1/s1. The van der Waals surface area contributed by atoms with E-state index in [4.69, 9.17) is 9.47 Å². The van der Waals surface area contributed by atoms with Crippen molar-refractivity contribution in [2.75, 3.05) is 19.1 Å². The first-order valence-corrected chi connectivity index (χ1v) is 11.7. The van der Waals surface area contributed by atoms with E-state index >= 15 is 0 Å². The molecule has 0 aliphatic carbocycles. The third-order valence-corrected chi connectivity index (χ3v) is 6.73. The highest BCUT2D eigenvalue weighted by atomic mass is 16.5. The third kappa shape index (κ3) is 4.42. The number of para-hydroxylation sites is 1. The van der Waals surface area contributed by atoms with Crippen molar-refractivity contribution < 1.29 is 24.2 Å². The second kappa shape index (κ2) is 9.55. The van der Waals surface area contributed by atoms with Gasteiger partial charge < -0.3 is 19.5 Å². The monoisotopic (exact) mass is 473 g/mol. The number of benzene rings is 3. The Morgan fingerprint density at radius 3 is 2.46 bits per heavy atom. The summed E-state index contributed by atoms with van der Waals surface area (Å²) in [4.78, 5) is 28.6. The molecule has 1 aliphatic rings. The number of ketones is 1. The fourth-order valence-corrected chi connectivity index (χ4v) is 4.58. The molecule has 182 valence electrons. The predicted octanol–water partition coefficient (Wildman–Crippen LogP) is 5.14. The summed E-state index contributed by atoms with van der Waals surface area (Å²) in [5.74, 6) is 0.327. The lowest BCUT2D eigenvalue weighted by atomic mass is 9.88. The molecule has 1 N–H and O–H groups in total. The zero-order valence-corrected chi connectivity index (χ0v) is 20.8. The molecule has 0 unspecified atom stereocenters. The van der Waals surface area contributed by atoms with Gasteiger partial charge in [0.1, 0.15) is 11.5 Å². The van der Waals surface area contributed by atoms with E-state index in [0.717, 1.165) is 11.1 Å². The number of Topliss-reactive ketones (excluding diaryl/α,β-unsaturated/α-hetero) is 1. The number of ether oxygens (including phenoxy) is 2. The lowest BCUT2D eigenvalue weighted by Crippen LogP contribution is -2.41. The average Bonchev–Trinajstić information content (AvgIpc) is 3.06. The molecule has 0 fully saturated rings. The van der Waals surface area contributed by atoms with Gasteiger partial charge in [-0.3, -0.25) is 9.59 Å². The van der Waals surface area contributed by atoms with Crippen LogP contribution in [0.15, 0.2) is 60.7 Å². The number of hydrogen-bond acceptors (Lipinski definition) is 5. The number of nitrogens with zero attached hydrogens (tertiary/aromatic N) is 1. The van der Waals surface area contributed by atoms with Crippen molar-refractivity contribution in [1.82, 2.24) is 0 Å². The van der Waals surface area contributed by atoms with Crippen LogP contribution in [0.2, 0.25) is 0 Å². The van der Waals surface area contributed by atoms with E-state index in [2.05, 4.69) is 32.0 Å². The lowest BCUT2D eigenvalue weighted by molar-refractivity contribution is -0.136. The van der Waals surface area contributed by atoms with Gasteiger partial charge in [-0.25, -0.2) is 0 Å². The van der Waals surface area contributed by atoms with Gasteiger partial charge in [0, 0.05) is 11.6 Å². The van der Waals surface area contributed by atoms with Crippen LogP contribution in [0.5, 0.6) is 11.5 Å². The third-order valence-electron chi connectivity index (χ3n) is 6.73. The van der Waals surface area contributed by atoms with Crippen molar-refractivity contribution >= 4 is 17.4 Å². The Bertz CT molecular complexity index is 1280. The quantitative estimate of drug-likeness (QED) is 0.458. The molecule has 0 bridgehead atoms. The molecular formula is C29H31NO5. The Balaban J connectivity index is 1.69. The smallest absolute Gasteiger partial charge is 0.264 e. The number of anilines is 1. The average molecular weight is 474 g/mol. The highest BCUT2D eigenvalue weighted by Gasteiger charge is 2.51. The molecule has 3 aromatic carbocycles. The summed E-state index contributed by atoms with van der Waals surface area (Å²) < 4.78 is 10.6. The topological polar surface area (TPSA) is 76.1 Å². The molecule has 0 aromatic heterocycles. The van der Waals surface area contributed by atoms with Crippen molar-refractivity contribution in [1.29, 1.82) is 0 Å². The first-order valence-electron chi connectivity index (χ1n) is 11.7. The maximum Gasteiger partial charge on any atom is 0.264 e. The van der Waals surface area contributed by atoms with Crippen molar-refractivity contribution in [2.24, 2.45) is 0 Å². The van der Waals surface area contributed by atoms with Crippen molar-refractivity contribution in [3.8, 4) is 11.5 Å². The molecule has 1 amide bonds. The molecule has 6 heteroatoms. The number of aliphatic hydroxyl groups is 1. The summed E-state index contributed by atoms with van der Waals surface area (Å²) in [5.41, 5.74) is 2.61. The summed E-state index contributed by atoms with van der Waals surface area (Å²) in [5, 5.41) is 11.7. The number of rotatable bonds is 8. The van der Waals surface area contributed by atoms with Crippen LogP contribution in [0.25, 0.3) is 0 Å². The summed E-state index contributed by atoms with van der Waals surface area (Å²) in [6, 6.07) is 18.2. The van der Waals surface area contributed by atoms with Crippen molar-refractivity contribution in [2.45, 2.75) is 45.3 Å². The number of carbonyl (C=O) groups excluding carboxylic acids is 2. The lowest BCUT2D eigenvalue weighted by Gasteiger charge is -2.24. The van der Waals surface area contributed by atoms with Gasteiger partial charge in [0.25, 0.3) is 5.91 Å². The normalized spacial score (nSPS) is 17.0. The van der Waals surface area contributed by atoms with Gasteiger partial charge >= 0.3 is 0 Å². The Labute approximate surface area is 206 Å². The van der Waals surface area contributed by atoms with Crippen LogP contribution < -0.4 is 14.4 Å². The predicted molar refractivity (Wildman–Crippen MR) is 135 cm³/mol. The van der Waals surface area contributed by atoms with Crippen molar-refractivity contribution in [3.63, 3.8) is 0 Å². The maximum atomic E-state index is 13.7. The highest BCUT2D eigenvalue weighted by Crippen LogP contribution is 2.44. The second-order valence-corrected chi connectivity index (χ2v) is 9.28. The van der Waals surface area contributed by atoms with E-state index in [1.165, 1.54) is 19.8 Å². The van der Waals surface area contributed by atoms with Gasteiger partial charge in [-0.05, 0) is 47.7 Å². The van der Waals surface area contributed by atoms with Gasteiger partial charge in [-0.15, -0.1) is 0 Å². The van der Waals surface area contributed by atoms with Gasteiger partial charge in [-0.2, -0.15) is 0 Å². The fourth-order valence-electron chi connectivity index (χ4n) is 4.58. The summed E-state index contributed by atoms with van der Waals surface area (Å²) in [6.45, 7) is 6.58. The van der Waals surface area contributed by atoms with Crippen LogP contribution in [0.4, 0.5) is 5.69 Å². The SMILES string of the molecule is COc1ccc(C(=O)C[C@]2(O)C(=O)N(Cc3cc(C(C)C)ccc3C)c3ccccc32)c(OC)c1. The number of methoxy groups -OCH3 is 2. The molecule has 0 spiro atoms. The zero-order chi connectivity index (χ0) is 25.3. The highest BCUT2D eigenvalue weighted by molar-refractivity contribution is 6.11. The van der Waals surface area contributed by atoms with Crippen LogP contribution in [0, 0.1) is 6.92 Å². The Morgan fingerprint density at radius 2 is 1.77 bits per heavy atom. The number of hydrogen-bond donors (Lipinski definition) is 1. The van der Waals surface area contributed by atoms with E-state index in [9.17, 15) is 14.7 Å². The van der Waals surface area contributed by atoms with Crippen LogP contribution in [-0.2, 0) is 16.9 Å². The van der Waals surface area contributed by atoms with E-state index in [0.29, 0.717) is 35.2 Å². The molecule has 3 aromatic rings. The Hall–Kier alpha value is -3.64. The zero-order valence-electron chi connectivity index (χ0n) is 20.8. The van der Waals surface area contributed by atoms with E-state index < -0.39 is 23.7 Å². The van der Waals surface area contributed by atoms with Crippen molar-refractivity contribution in [3.05, 3.63) is 88.5 Å². The van der Waals surface area contributed by atoms with Crippen LogP contribution in [0.1, 0.15) is 58.8 Å². The van der Waals surface area contributed by atoms with Crippen LogP contribution in [-0.4, -0.2) is 31.0 Å². The van der Waals surface area contributed by atoms with Gasteiger partial charge in [0.05, 0.1) is 38.4 Å². The van der Waals surface area contributed by atoms with Gasteiger partial charge in [0.2, 0.25) is 0 Å².